The van der Waals surface area contributed by atoms with Crippen molar-refractivity contribution in [2.45, 2.75) is 44.6 Å². The summed E-state index contributed by atoms with van der Waals surface area (Å²) in [7, 11) is 0. The number of rotatable bonds is 1. The van der Waals surface area contributed by atoms with E-state index in [0.717, 1.165) is 21.1 Å². The number of alkyl halides is 2. The van der Waals surface area contributed by atoms with Gasteiger partial charge in [-0.05, 0) is 30.9 Å². The van der Waals surface area contributed by atoms with E-state index in [-0.39, 0.29) is 37.5 Å². The van der Waals surface area contributed by atoms with Crippen molar-refractivity contribution in [1.29, 1.82) is 0 Å². The van der Waals surface area contributed by atoms with Gasteiger partial charge in [0.25, 0.3) is 0 Å². The van der Waals surface area contributed by atoms with Gasteiger partial charge in [-0.15, -0.1) is 11.3 Å². The molecule has 3 nitrogen and oxygen atoms in total. The standard InChI is InChI=1S/C21H20F2N2OS/c22-21(23)11-8-16(9-12-21)20(26)25-13-10-17-18(14-25)27-19(24-17)7-6-15-4-2-1-3-5-15/h1-5,16H,8-14H2. The molecule has 0 unspecified atom stereocenters. The molecule has 1 saturated carbocycles. The third-order valence-corrected chi connectivity index (χ3v) is 6.19. The van der Waals surface area contributed by atoms with E-state index in [1.165, 1.54) is 11.3 Å². The Morgan fingerprint density at radius 3 is 2.67 bits per heavy atom. The minimum atomic E-state index is -2.60. The molecule has 1 aromatic heterocycles. The molecule has 0 spiro atoms. The van der Waals surface area contributed by atoms with Crippen LogP contribution in [0.2, 0.25) is 0 Å². The molecule has 0 radical (unpaired) electrons. The van der Waals surface area contributed by atoms with E-state index >= 15 is 0 Å². The van der Waals surface area contributed by atoms with Crippen molar-refractivity contribution in [3.8, 4) is 11.8 Å². The third-order valence-electron chi connectivity index (χ3n) is 5.20. The normalized spacial score (nSPS) is 19.1. The van der Waals surface area contributed by atoms with Gasteiger partial charge in [-0.2, -0.15) is 0 Å². The van der Waals surface area contributed by atoms with Gasteiger partial charge in [0.2, 0.25) is 11.8 Å². The van der Waals surface area contributed by atoms with Crippen molar-refractivity contribution in [2.24, 2.45) is 5.92 Å². The average molecular weight is 386 g/mol. The fraction of sp³-hybridized carbons (Fsp3) is 0.429. The molecule has 1 aromatic carbocycles. The van der Waals surface area contributed by atoms with Crippen LogP contribution in [0.3, 0.4) is 0 Å². The van der Waals surface area contributed by atoms with E-state index in [9.17, 15) is 13.6 Å². The lowest BCUT2D eigenvalue weighted by Gasteiger charge is -2.33. The Labute approximate surface area is 161 Å². The largest absolute Gasteiger partial charge is 0.337 e. The van der Waals surface area contributed by atoms with Crippen LogP contribution in [0.5, 0.6) is 0 Å². The summed E-state index contributed by atoms with van der Waals surface area (Å²) < 4.78 is 26.7. The number of benzene rings is 1. The molecule has 1 aliphatic heterocycles. The van der Waals surface area contributed by atoms with Crippen LogP contribution < -0.4 is 0 Å². The lowest BCUT2D eigenvalue weighted by molar-refractivity contribution is -0.140. The topological polar surface area (TPSA) is 33.2 Å². The first-order chi connectivity index (χ1) is 13.0. The summed E-state index contributed by atoms with van der Waals surface area (Å²) in [5.74, 6) is 3.36. The molecule has 1 amide bonds. The van der Waals surface area contributed by atoms with Crippen molar-refractivity contribution in [3.05, 3.63) is 51.5 Å². The van der Waals surface area contributed by atoms with E-state index in [0.29, 0.717) is 19.5 Å². The van der Waals surface area contributed by atoms with E-state index in [4.69, 9.17) is 0 Å². The van der Waals surface area contributed by atoms with Gasteiger partial charge in [0.1, 0.15) is 0 Å². The first kappa shape index (κ1) is 18.1. The SMILES string of the molecule is O=C(C1CCC(F)(F)CC1)N1CCc2nc(C#Cc3ccccc3)sc2C1. The number of amides is 1. The number of fused-ring (bicyclic) bond motifs is 1. The van der Waals surface area contributed by atoms with E-state index in [1.807, 2.05) is 35.2 Å². The van der Waals surface area contributed by atoms with E-state index in [2.05, 4.69) is 16.8 Å². The number of hydrogen-bond acceptors (Lipinski definition) is 3. The second-order valence-electron chi connectivity index (χ2n) is 7.14. The lowest BCUT2D eigenvalue weighted by atomic mass is 9.85. The highest BCUT2D eigenvalue weighted by Crippen LogP contribution is 2.37. The molecular formula is C21H20F2N2OS. The second-order valence-corrected chi connectivity index (χ2v) is 8.23. The average Bonchev–Trinajstić information content (AvgIpc) is 3.09. The van der Waals surface area contributed by atoms with Crippen LogP contribution in [0.25, 0.3) is 0 Å². The van der Waals surface area contributed by atoms with Crippen LogP contribution in [0.1, 0.15) is 46.8 Å². The van der Waals surface area contributed by atoms with Gasteiger partial charge < -0.3 is 4.90 Å². The molecule has 6 heteroatoms. The maximum atomic E-state index is 13.3. The molecule has 0 atom stereocenters. The minimum absolute atomic E-state index is 0.0152. The number of thiazole rings is 1. The van der Waals surface area contributed by atoms with E-state index in [1.54, 1.807) is 0 Å². The molecule has 0 N–H and O–H groups in total. The van der Waals surface area contributed by atoms with Crippen molar-refractivity contribution in [2.75, 3.05) is 6.54 Å². The molecule has 2 heterocycles. The van der Waals surface area contributed by atoms with Crippen LogP contribution in [-0.2, 0) is 17.8 Å². The Morgan fingerprint density at radius 1 is 1.19 bits per heavy atom. The zero-order valence-corrected chi connectivity index (χ0v) is 15.7. The monoisotopic (exact) mass is 386 g/mol. The molecule has 27 heavy (non-hydrogen) atoms. The molecule has 1 fully saturated rings. The van der Waals surface area contributed by atoms with Gasteiger partial charge in [-0.1, -0.05) is 24.1 Å². The third kappa shape index (κ3) is 4.19. The number of aromatic nitrogens is 1. The van der Waals surface area contributed by atoms with Crippen LogP contribution in [0, 0.1) is 17.8 Å². The number of halogens is 2. The Balaban J connectivity index is 1.42. The van der Waals surface area contributed by atoms with Gasteiger partial charge in [0.05, 0.1) is 12.2 Å². The maximum absolute atomic E-state index is 13.3. The summed E-state index contributed by atoms with van der Waals surface area (Å²) in [5, 5.41) is 0.760. The van der Waals surface area contributed by atoms with Crippen LogP contribution in [0.4, 0.5) is 8.78 Å². The van der Waals surface area contributed by atoms with Crippen LogP contribution in [-0.4, -0.2) is 28.3 Å². The van der Waals surface area contributed by atoms with Crippen molar-refractivity contribution < 1.29 is 13.6 Å². The smallest absolute Gasteiger partial charge is 0.248 e. The summed E-state index contributed by atoms with van der Waals surface area (Å²) in [5.41, 5.74) is 1.95. The molecule has 140 valence electrons. The number of carbonyl (C=O) groups is 1. The summed E-state index contributed by atoms with van der Waals surface area (Å²) >= 11 is 1.52. The fourth-order valence-corrected chi connectivity index (χ4v) is 4.61. The van der Waals surface area contributed by atoms with Crippen molar-refractivity contribution >= 4 is 17.2 Å². The molecule has 0 bridgehead atoms. The van der Waals surface area contributed by atoms with Gasteiger partial charge in [-0.3, -0.25) is 4.79 Å². The first-order valence-electron chi connectivity index (χ1n) is 9.22. The summed E-state index contributed by atoms with van der Waals surface area (Å²) in [6, 6.07) is 9.75. The van der Waals surface area contributed by atoms with Gasteiger partial charge >= 0.3 is 0 Å². The Hall–Kier alpha value is -2.26. The van der Waals surface area contributed by atoms with Crippen LogP contribution in [0.15, 0.2) is 30.3 Å². The van der Waals surface area contributed by atoms with Gasteiger partial charge in [0, 0.05) is 42.2 Å². The summed E-state index contributed by atoms with van der Waals surface area (Å²) in [4.78, 5) is 20.2. The molecular weight excluding hydrogens is 366 g/mol. The zero-order valence-electron chi connectivity index (χ0n) is 14.9. The Bertz CT molecular complexity index is 888. The first-order valence-corrected chi connectivity index (χ1v) is 10.0. The highest BCUT2D eigenvalue weighted by Gasteiger charge is 2.39. The second kappa shape index (κ2) is 7.40. The van der Waals surface area contributed by atoms with E-state index < -0.39 is 5.92 Å². The predicted octanol–water partition coefficient (Wildman–Crippen LogP) is 4.25. The Morgan fingerprint density at radius 2 is 1.93 bits per heavy atom. The predicted molar refractivity (Wildman–Crippen MR) is 101 cm³/mol. The summed E-state index contributed by atoms with van der Waals surface area (Å²) in [6.45, 7) is 1.12. The van der Waals surface area contributed by atoms with Gasteiger partial charge in [0.15, 0.2) is 5.01 Å². The quantitative estimate of drug-likeness (QED) is 0.687. The Kier molecular flexibility index (Phi) is 4.96. The molecule has 0 saturated heterocycles. The highest BCUT2D eigenvalue weighted by molar-refractivity contribution is 7.12. The molecule has 2 aliphatic rings. The number of nitrogens with zero attached hydrogens (tertiary/aromatic N) is 2. The van der Waals surface area contributed by atoms with Crippen molar-refractivity contribution in [1.82, 2.24) is 9.88 Å². The van der Waals surface area contributed by atoms with Crippen LogP contribution >= 0.6 is 11.3 Å². The molecule has 2 aromatic rings. The number of carbonyl (C=O) groups excluding carboxylic acids is 1. The maximum Gasteiger partial charge on any atom is 0.248 e. The van der Waals surface area contributed by atoms with Gasteiger partial charge in [-0.25, -0.2) is 13.8 Å². The number of hydrogen-bond donors (Lipinski definition) is 0. The lowest BCUT2D eigenvalue weighted by Crippen LogP contribution is -2.41. The fourth-order valence-electron chi connectivity index (χ4n) is 3.63. The zero-order chi connectivity index (χ0) is 18.9. The molecule has 4 rings (SSSR count). The molecule has 1 aliphatic carbocycles. The minimum Gasteiger partial charge on any atom is -0.337 e. The summed E-state index contributed by atoms with van der Waals surface area (Å²) in [6.07, 6.45) is 0.912. The van der Waals surface area contributed by atoms with Crippen molar-refractivity contribution in [3.63, 3.8) is 0 Å². The highest BCUT2D eigenvalue weighted by atomic mass is 32.1.